The summed E-state index contributed by atoms with van der Waals surface area (Å²) in [6.45, 7) is 3.24. The van der Waals surface area contributed by atoms with Gasteiger partial charge in [-0.15, -0.1) is 0 Å². The number of aliphatic carboxylic acids is 1. The van der Waals surface area contributed by atoms with Crippen molar-refractivity contribution < 1.29 is 18.7 Å². The van der Waals surface area contributed by atoms with Crippen molar-refractivity contribution in [2.75, 3.05) is 6.54 Å². The van der Waals surface area contributed by atoms with Gasteiger partial charge in [-0.3, -0.25) is 9.69 Å². The molecular weight excluding hydrogens is 252 g/mol. The number of rotatable bonds is 4. The number of carboxylic acid groups (broad SMARTS) is 1. The Morgan fingerprint density at radius 3 is 2.53 bits per heavy atom. The summed E-state index contributed by atoms with van der Waals surface area (Å²) in [5.41, 5.74) is 0.948. The monoisotopic (exact) mass is 269 g/mol. The molecule has 0 spiro atoms. The van der Waals surface area contributed by atoms with E-state index in [1.807, 2.05) is 6.92 Å². The minimum atomic E-state index is -2.45. The van der Waals surface area contributed by atoms with Crippen molar-refractivity contribution in [2.24, 2.45) is 5.92 Å². The maximum atomic E-state index is 12.4. The summed E-state index contributed by atoms with van der Waals surface area (Å²) in [4.78, 5) is 13.1. The van der Waals surface area contributed by atoms with Crippen LogP contribution in [0.4, 0.5) is 8.78 Å². The second-order valence-electron chi connectivity index (χ2n) is 4.99. The van der Waals surface area contributed by atoms with E-state index in [1.165, 1.54) is 12.1 Å². The molecule has 1 aliphatic rings. The molecule has 3 nitrogen and oxygen atoms in total. The Morgan fingerprint density at radius 2 is 2.05 bits per heavy atom. The molecule has 0 bridgehead atoms. The van der Waals surface area contributed by atoms with Crippen LogP contribution in [0.2, 0.25) is 0 Å². The topological polar surface area (TPSA) is 40.5 Å². The Morgan fingerprint density at radius 1 is 1.42 bits per heavy atom. The van der Waals surface area contributed by atoms with E-state index >= 15 is 0 Å². The maximum absolute atomic E-state index is 12.4. The third-order valence-electron chi connectivity index (χ3n) is 3.82. The van der Waals surface area contributed by atoms with E-state index in [0.29, 0.717) is 13.0 Å². The van der Waals surface area contributed by atoms with Gasteiger partial charge in [0.25, 0.3) is 6.43 Å². The van der Waals surface area contributed by atoms with Crippen molar-refractivity contribution in [3.63, 3.8) is 0 Å². The van der Waals surface area contributed by atoms with Crippen LogP contribution in [-0.2, 0) is 11.3 Å². The molecule has 1 fully saturated rings. The molecule has 1 aromatic carbocycles. The van der Waals surface area contributed by atoms with Crippen LogP contribution < -0.4 is 0 Å². The van der Waals surface area contributed by atoms with E-state index in [0.717, 1.165) is 12.1 Å². The molecule has 1 N–H and O–H groups in total. The van der Waals surface area contributed by atoms with Crippen LogP contribution in [0.5, 0.6) is 0 Å². The zero-order valence-electron chi connectivity index (χ0n) is 10.7. The summed E-state index contributed by atoms with van der Waals surface area (Å²) in [6, 6.07) is 6.20. The molecule has 0 radical (unpaired) electrons. The Hall–Kier alpha value is -1.49. The fourth-order valence-corrected chi connectivity index (χ4v) is 2.56. The van der Waals surface area contributed by atoms with E-state index in [1.54, 1.807) is 12.1 Å². The molecule has 0 aromatic heterocycles. The van der Waals surface area contributed by atoms with E-state index in [2.05, 4.69) is 4.90 Å². The van der Waals surface area contributed by atoms with E-state index in [4.69, 9.17) is 5.11 Å². The summed E-state index contributed by atoms with van der Waals surface area (Å²) in [7, 11) is 0. The van der Waals surface area contributed by atoms with Crippen LogP contribution in [0.25, 0.3) is 0 Å². The highest BCUT2D eigenvalue weighted by atomic mass is 19.3. The molecule has 19 heavy (non-hydrogen) atoms. The van der Waals surface area contributed by atoms with Crippen molar-refractivity contribution >= 4 is 5.97 Å². The lowest BCUT2D eigenvalue weighted by atomic mass is 10.0. The third-order valence-corrected chi connectivity index (χ3v) is 3.82. The highest BCUT2D eigenvalue weighted by molar-refractivity contribution is 5.71. The molecule has 1 aromatic rings. The number of hydrogen-bond donors (Lipinski definition) is 1. The van der Waals surface area contributed by atoms with Crippen LogP contribution in [0.3, 0.4) is 0 Å². The van der Waals surface area contributed by atoms with Gasteiger partial charge >= 0.3 is 5.97 Å². The summed E-state index contributed by atoms with van der Waals surface area (Å²) in [5, 5.41) is 9.05. The molecule has 104 valence electrons. The smallest absolute Gasteiger partial charge is 0.308 e. The normalized spacial score (nSPS) is 24.0. The molecule has 1 saturated heterocycles. The molecule has 5 heteroatoms. The first-order valence-corrected chi connectivity index (χ1v) is 6.33. The largest absolute Gasteiger partial charge is 0.481 e. The number of hydrogen-bond acceptors (Lipinski definition) is 2. The lowest BCUT2D eigenvalue weighted by Gasteiger charge is -2.23. The first-order chi connectivity index (χ1) is 8.99. The second-order valence-corrected chi connectivity index (χ2v) is 4.99. The molecule has 0 amide bonds. The van der Waals surface area contributed by atoms with Gasteiger partial charge in [0.1, 0.15) is 0 Å². The van der Waals surface area contributed by atoms with Gasteiger partial charge in [-0.1, -0.05) is 24.3 Å². The lowest BCUT2D eigenvalue weighted by molar-refractivity contribution is -0.142. The number of alkyl halides is 2. The SMILES string of the molecule is CC1C(C(=O)O)CCN1Cc1ccc(C(F)F)cc1. The lowest BCUT2D eigenvalue weighted by Crippen LogP contribution is -2.32. The highest BCUT2D eigenvalue weighted by Crippen LogP contribution is 2.26. The Labute approximate surface area is 110 Å². The van der Waals surface area contributed by atoms with Gasteiger partial charge < -0.3 is 5.11 Å². The number of carboxylic acids is 1. The van der Waals surface area contributed by atoms with Crippen LogP contribution in [-0.4, -0.2) is 28.6 Å². The molecular formula is C14H17F2NO2. The maximum Gasteiger partial charge on any atom is 0.308 e. The van der Waals surface area contributed by atoms with Gasteiger partial charge in [-0.05, 0) is 25.5 Å². The molecule has 2 unspecified atom stereocenters. The minimum Gasteiger partial charge on any atom is -0.481 e. The highest BCUT2D eigenvalue weighted by Gasteiger charge is 2.35. The molecule has 2 rings (SSSR count). The predicted molar refractivity (Wildman–Crippen MR) is 67.0 cm³/mol. The molecule has 0 saturated carbocycles. The van der Waals surface area contributed by atoms with Crippen molar-refractivity contribution in [3.05, 3.63) is 35.4 Å². The van der Waals surface area contributed by atoms with E-state index < -0.39 is 12.4 Å². The van der Waals surface area contributed by atoms with Gasteiger partial charge in [0.15, 0.2) is 0 Å². The molecule has 1 aliphatic heterocycles. The molecule has 1 heterocycles. The number of carbonyl (C=O) groups is 1. The third kappa shape index (κ3) is 3.10. The Kier molecular flexibility index (Phi) is 4.14. The quantitative estimate of drug-likeness (QED) is 0.913. The van der Waals surface area contributed by atoms with Crippen LogP contribution in [0.15, 0.2) is 24.3 Å². The standard InChI is InChI=1S/C14H17F2NO2/c1-9-12(14(18)19)6-7-17(9)8-10-2-4-11(5-3-10)13(15)16/h2-5,9,12-13H,6-8H2,1H3,(H,18,19). The average molecular weight is 269 g/mol. The second kappa shape index (κ2) is 5.65. The predicted octanol–water partition coefficient (Wildman–Crippen LogP) is 2.92. The van der Waals surface area contributed by atoms with Gasteiger partial charge in [0.2, 0.25) is 0 Å². The fourth-order valence-electron chi connectivity index (χ4n) is 2.56. The van der Waals surface area contributed by atoms with Crippen molar-refractivity contribution in [3.8, 4) is 0 Å². The molecule has 0 aliphatic carbocycles. The van der Waals surface area contributed by atoms with Gasteiger partial charge in [-0.2, -0.15) is 0 Å². The zero-order valence-corrected chi connectivity index (χ0v) is 10.7. The van der Waals surface area contributed by atoms with Crippen LogP contribution in [0, 0.1) is 5.92 Å². The molecule has 2 atom stereocenters. The number of benzene rings is 1. The summed E-state index contributed by atoms with van der Waals surface area (Å²) >= 11 is 0. The van der Waals surface area contributed by atoms with Crippen molar-refractivity contribution in [1.82, 2.24) is 4.90 Å². The zero-order chi connectivity index (χ0) is 14.0. The van der Waals surface area contributed by atoms with Gasteiger partial charge in [0.05, 0.1) is 5.92 Å². The van der Waals surface area contributed by atoms with Crippen molar-refractivity contribution in [1.29, 1.82) is 0 Å². The summed E-state index contributed by atoms with van der Waals surface area (Å²) in [5.74, 6) is -1.09. The Balaban J connectivity index is 2.00. The summed E-state index contributed by atoms with van der Waals surface area (Å²) < 4.78 is 24.9. The van der Waals surface area contributed by atoms with E-state index in [-0.39, 0.29) is 17.5 Å². The van der Waals surface area contributed by atoms with Gasteiger partial charge in [-0.25, -0.2) is 8.78 Å². The van der Waals surface area contributed by atoms with Crippen LogP contribution in [0.1, 0.15) is 30.9 Å². The van der Waals surface area contributed by atoms with Crippen molar-refractivity contribution in [2.45, 2.75) is 32.4 Å². The average Bonchev–Trinajstić information content (AvgIpc) is 2.72. The number of nitrogens with zero attached hydrogens (tertiary/aromatic N) is 1. The van der Waals surface area contributed by atoms with Gasteiger partial charge in [0, 0.05) is 18.2 Å². The first kappa shape index (κ1) is 13.9. The van der Waals surface area contributed by atoms with Crippen LogP contribution >= 0.6 is 0 Å². The fraction of sp³-hybridized carbons (Fsp3) is 0.500. The number of likely N-dealkylation sites (tertiary alicyclic amines) is 1. The minimum absolute atomic E-state index is 0.0154. The Bertz CT molecular complexity index is 447. The first-order valence-electron chi connectivity index (χ1n) is 6.33. The summed E-state index contributed by atoms with van der Waals surface area (Å²) in [6.07, 6.45) is -1.80. The number of halogens is 2. The van der Waals surface area contributed by atoms with E-state index in [9.17, 15) is 13.6 Å².